The van der Waals surface area contributed by atoms with E-state index in [0.29, 0.717) is 6.54 Å². The zero-order valence-corrected chi connectivity index (χ0v) is 17.5. The van der Waals surface area contributed by atoms with Crippen LogP contribution in [0.4, 0.5) is 32.2 Å². The molecule has 0 saturated carbocycles. The molecule has 1 heterocycles. The van der Waals surface area contributed by atoms with Crippen molar-refractivity contribution < 1.29 is 45.8 Å². The van der Waals surface area contributed by atoms with Gasteiger partial charge in [-0.2, -0.15) is 23.4 Å². The predicted octanol–water partition coefficient (Wildman–Crippen LogP) is 3.69. The van der Waals surface area contributed by atoms with Crippen LogP contribution in [0.2, 0.25) is 0 Å². The topological polar surface area (TPSA) is 128 Å². The first-order chi connectivity index (χ1) is 15.6. The first-order valence-electron chi connectivity index (χ1n) is 9.11. The van der Waals surface area contributed by atoms with Gasteiger partial charge in [0.15, 0.2) is 5.82 Å². The molecule has 0 radical (unpaired) electrons. The van der Waals surface area contributed by atoms with Crippen molar-refractivity contribution in [1.82, 2.24) is 15.4 Å². The summed E-state index contributed by atoms with van der Waals surface area (Å²) >= 11 is 0. The van der Waals surface area contributed by atoms with Crippen molar-refractivity contribution in [3.63, 3.8) is 0 Å². The highest BCUT2D eigenvalue weighted by Gasteiger charge is 2.38. The lowest BCUT2D eigenvalue weighted by Crippen LogP contribution is -2.45. The van der Waals surface area contributed by atoms with Gasteiger partial charge in [0.2, 0.25) is 5.82 Å². The number of rotatable bonds is 6. The summed E-state index contributed by atoms with van der Waals surface area (Å²) in [4.78, 5) is 29.4. The molecule has 1 aromatic heterocycles. The second-order valence-corrected chi connectivity index (χ2v) is 6.62. The van der Waals surface area contributed by atoms with Crippen LogP contribution in [0.3, 0.4) is 0 Å². The fourth-order valence-corrected chi connectivity index (χ4v) is 1.99. The number of hydrogen-bond acceptors (Lipinski definition) is 7. The van der Waals surface area contributed by atoms with E-state index in [1.807, 2.05) is 13.8 Å². The van der Waals surface area contributed by atoms with Crippen LogP contribution >= 0.6 is 0 Å². The molecule has 2 rings (SSSR count). The van der Waals surface area contributed by atoms with Gasteiger partial charge < -0.3 is 9.84 Å². The van der Waals surface area contributed by atoms with E-state index in [2.05, 4.69) is 20.1 Å². The smallest absolute Gasteiger partial charge is 0.475 e. The minimum atomic E-state index is -5.08. The molecular formula is C19H17F6N5O4. The molecule has 0 spiro atoms. The Hall–Kier alpha value is -3.93. The Bertz CT molecular complexity index is 1020. The molecule has 0 aliphatic rings. The van der Waals surface area contributed by atoms with Gasteiger partial charge in [0.1, 0.15) is 11.8 Å². The third-order valence-electron chi connectivity index (χ3n) is 3.41. The van der Waals surface area contributed by atoms with Crippen LogP contribution in [-0.2, 0) is 4.79 Å². The third kappa shape index (κ3) is 9.69. The van der Waals surface area contributed by atoms with Gasteiger partial charge in [-0.15, -0.1) is 13.2 Å². The predicted molar refractivity (Wildman–Crippen MR) is 103 cm³/mol. The number of nitrogens with zero attached hydrogens (tertiary/aromatic N) is 4. The number of carboxylic acid groups (broad SMARTS) is 1. The summed E-state index contributed by atoms with van der Waals surface area (Å²) in [6, 6.07) is 7.73. The van der Waals surface area contributed by atoms with Crippen molar-refractivity contribution in [1.29, 1.82) is 5.26 Å². The number of carboxylic acids is 1. The highest BCUT2D eigenvalue weighted by molar-refractivity contribution is 6.05. The molecule has 0 bridgehead atoms. The molecule has 0 saturated heterocycles. The largest absolute Gasteiger partial charge is 0.573 e. The highest BCUT2D eigenvalue weighted by atomic mass is 19.4. The van der Waals surface area contributed by atoms with Crippen LogP contribution in [-0.4, -0.2) is 46.0 Å². The van der Waals surface area contributed by atoms with E-state index in [4.69, 9.17) is 15.2 Å². The maximum absolute atomic E-state index is 12.8. The fourth-order valence-electron chi connectivity index (χ4n) is 1.99. The average molecular weight is 493 g/mol. The molecule has 0 fully saturated rings. The number of alkyl halides is 6. The Morgan fingerprint density at radius 1 is 1.15 bits per heavy atom. The summed E-state index contributed by atoms with van der Waals surface area (Å²) in [5, 5.41) is 17.2. The number of aliphatic carboxylic acids is 1. The fraction of sp³-hybridized carbons (Fsp3) is 0.316. The summed E-state index contributed by atoms with van der Waals surface area (Å²) in [5.74, 6) is -3.53. The van der Waals surface area contributed by atoms with E-state index in [1.54, 1.807) is 6.07 Å². The highest BCUT2D eigenvalue weighted by Crippen LogP contribution is 2.23. The van der Waals surface area contributed by atoms with Crippen LogP contribution in [0.15, 0.2) is 36.5 Å². The Morgan fingerprint density at radius 3 is 2.15 bits per heavy atom. The molecule has 15 heteroatoms. The van der Waals surface area contributed by atoms with E-state index in [9.17, 15) is 31.1 Å². The van der Waals surface area contributed by atoms with Crippen molar-refractivity contribution in [3.05, 3.63) is 47.9 Å². The summed E-state index contributed by atoms with van der Waals surface area (Å²) in [5.41, 5.74) is 3.02. The number of amides is 1. The monoisotopic (exact) mass is 493 g/mol. The van der Waals surface area contributed by atoms with Gasteiger partial charge in [0, 0.05) is 24.4 Å². The second-order valence-electron chi connectivity index (χ2n) is 6.62. The number of carbonyl (C=O) groups is 2. The standard InChI is InChI=1S/C17H16F3N5O2.C2HF3O2/c1-11(2)10-23-25(15-7-8-22-14(9-21)24-15)16(26)12-3-5-13(6-4-12)27-17(18,19)20;3-2(4,5)1(6)7/h3-8,11,23H,10H2,1-2H3;(H,6,7). The average Bonchev–Trinajstić information content (AvgIpc) is 2.73. The number of halogens is 6. The normalized spacial score (nSPS) is 11.2. The van der Waals surface area contributed by atoms with Crippen molar-refractivity contribution >= 4 is 17.7 Å². The van der Waals surface area contributed by atoms with Crippen LogP contribution < -0.4 is 15.2 Å². The number of nitrogens with one attached hydrogen (secondary N) is 1. The number of anilines is 1. The van der Waals surface area contributed by atoms with Crippen molar-refractivity contribution in [2.75, 3.05) is 11.6 Å². The molecular weight excluding hydrogens is 476 g/mol. The van der Waals surface area contributed by atoms with E-state index in [-0.39, 0.29) is 23.1 Å². The lowest BCUT2D eigenvalue weighted by Gasteiger charge is -2.23. The lowest BCUT2D eigenvalue weighted by atomic mass is 10.2. The molecule has 1 aromatic carbocycles. The van der Waals surface area contributed by atoms with Crippen molar-refractivity contribution in [3.8, 4) is 11.8 Å². The number of hydrazine groups is 1. The Balaban J connectivity index is 0.000000718. The van der Waals surface area contributed by atoms with Crippen molar-refractivity contribution in [2.24, 2.45) is 5.92 Å². The molecule has 0 aliphatic heterocycles. The summed E-state index contributed by atoms with van der Waals surface area (Å²) in [6.07, 6.45) is -8.57. The van der Waals surface area contributed by atoms with E-state index >= 15 is 0 Å². The number of benzene rings is 1. The van der Waals surface area contributed by atoms with Crippen molar-refractivity contribution in [2.45, 2.75) is 26.4 Å². The Kier molecular flexibility index (Phi) is 9.75. The number of carbonyl (C=O) groups excluding carboxylic acids is 1. The van der Waals surface area contributed by atoms with Crippen LogP contribution in [0.25, 0.3) is 0 Å². The maximum Gasteiger partial charge on any atom is 0.573 e. The minimum Gasteiger partial charge on any atom is -0.475 e. The molecule has 34 heavy (non-hydrogen) atoms. The molecule has 9 nitrogen and oxygen atoms in total. The molecule has 0 unspecified atom stereocenters. The van der Waals surface area contributed by atoms with E-state index in [0.717, 1.165) is 17.1 Å². The lowest BCUT2D eigenvalue weighted by molar-refractivity contribution is -0.274. The van der Waals surface area contributed by atoms with Gasteiger partial charge in [0.05, 0.1) is 0 Å². The maximum atomic E-state index is 12.8. The molecule has 0 aliphatic carbocycles. The molecule has 1 amide bonds. The van der Waals surface area contributed by atoms with Gasteiger partial charge in [0.25, 0.3) is 5.91 Å². The Morgan fingerprint density at radius 2 is 1.71 bits per heavy atom. The first-order valence-corrected chi connectivity index (χ1v) is 9.11. The minimum absolute atomic E-state index is 0.109. The number of nitriles is 1. The van der Waals surface area contributed by atoms with Gasteiger partial charge in [-0.1, -0.05) is 13.8 Å². The molecule has 0 atom stereocenters. The van der Waals surface area contributed by atoms with Crippen LogP contribution in [0.1, 0.15) is 30.0 Å². The van der Waals surface area contributed by atoms with Gasteiger partial charge in [-0.25, -0.2) is 20.2 Å². The second kappa shape index (κ2) is 11.8. The SMILES string of the molecule is CC(C)CNN(C(=O)c1ccc(OC(F)(F)F)cc1)c1ccnc(C#N)n1.O=C(O)C(F)(F)F. The number of ether oxygens (including phenoxy) is 1. The number of aromatic nitrogens is 2. The van der Waals surface area contributed by atoms with E-state index < -0.39 is 30.2 Å². The summed E-state index contributed by atoms with van der Waals surface area (Å²) in [7, 11) is 0. The zero-order valence-electron chi connectivity index (χ0n) is 17.5. The van der Waals surface area contributed by atoms with Crippen LogP contribution in [0, 0.1) is 17.2 Å². The Labute approximate surface area is 188 Å². The van der Waals surface area contributed by atoms with Crippen LogP contribution in [0.5, 0.6) is 5.75 Å². The van der Waals surface area contributed by atoms with E-state index in [1.165, 1.54) is 24.4 Å². The number of hydrogen-bond donors (Lipinski definition) is 2. The summed E-state index contributed by atoms with van der Waals surface area (Å²) < 4.78 is 72.3. The summed E-state index contributed by atoms with van der Waals surface area (Å²) in [6.45, 7) is 4.28. The molecule has 2 N–H and O–H groups in total. The van der Waals surface area contributed by atoms with Gasteiger partial charge in [-0.05, 0) is 30.2 Å². The first kappa shape index (κ1) is 28.1. The molecule has 184 valence electrons. The molecule has 2 aromatic rings. The third-order valence-corrected chi connectivity index (χ3v) is 3.41. The quantitative estimate of drug-likeness (QED) is 0.461. The van der Waals surface area contributed by atoms with Gasteiger partial charge in [-0.3, -0.25) is 4.79 Å². The zero-order chi connectivity index (χ0) is 26.1. The van der Waals surface area contributed by atoms with Gasteiger partial charge >= 0.3 is 18.5 Å².